The van der Waals surface area contributed by atoms with Crippen molar-refractivity contribution < 1.29 is 0 Å². The smallest absolute Gasteiger partial charge is 0.127 e. The third kappa shape index (κ3) is 1.70. The monoisotopic (exact) mass is 237 g/mol. The molecular formula is C10H5Cl2N3. The molecule has 0 aromatic carbocycles. The van der Waals surface area contributed by atoms with Gasteiger partial charge >= 0.3 is 0 Å². The van der Waals surface area contributed by atoms with E-state index in [1.165, 1.54) is 0 Å². The fourth-order valence-corrected chi connectivity index (χ4v) is 1.65. The van der Waals surface area contributed by atoms with Crippen LogP contribution in [0.1, 0.15) is 5.56 Å². The molecule has 0 radical (unpaired) electrons. The van der Waals surface area contributed by atoms with Crippen LogP contribution in [0.2, 0.25) is 10.2 Å². The van der Waals surface area contributed by atoms with E-state index in [4.69, 9.17) is 28.5 Å². The molecule has 3 nitrogen and oxygen atoms in total. The van der Waals surface area contributed by atoms with Crippen LogP contribution in [0.3, 0.4) is 0 Å². The first-order valence-corrected chi connectivity index (χ1v) is 4.87. The molecule has 0 aliphatic rings. The summed E-state index contributed by atoms with van der Waals surface area (Å²) in [5.41, 5.74) is 1.72. The van der Waals surface area contributed by atoms with Gasteiger partial charge < -0.3 is 4.98 Å². The van der Waals surface area contributed by atoms with Crippen molar-refractivity contribution in [2.24, 2.45) is 0 Å². The van der Waals surface area contributed by atoms with E-state index in [9.17, 15) is 0 Å². The molecule has 2 rings (SSSR count). The number of halogens is 2. The lowest BCUT2D eigenvalue weighted by Gasteiger charge is -1.96. The van der Waals surface area contributed by atoms with Crippen molar-refractivity contribution in [1.82, 2.24) is 9.97 Å². The molecule has 0 aliphatic carbocycles. The number of aromatic amines is 1. The fraction of sp³-hybridized carbons (Fsp3) is 0. The van der Waals surface area contributed by atoms with Gasteiger partial charge in [0.05, 0.1) is 16.3 Å². The molecule has 0 fully saturated rings. The molecular weight excluding hydrogens is 233 g/mol. The molecule has 2 aromatic rings. The maximum Gasteiger partial charge on any atom is 0.127 e. The van der Waals surface area contributed by atoms with Crippen LogP contribution in [0.5, 0.6) is 0 Å². The van der Waals surface area contributed by atoms with Gasteiger partial charge in [-0.3, -0.25) is 4.98 Å². The minimum atomic E-state index is 0.248. The summed E-state index contributed by atoms with van der Waals surface area (Å²) in [4.78, 5) is 6.81. The van der Waals surface area contributed by atoms with Crippen molar-refractivity contribution in [1.29, 1.82) is 5.26 Å². The molecule has 1 N–H and O–H groups in total. The molecule has 0 saturated carbocycles. The maximum absolute atomic E-state index is 8.94. The quantitative estimate of drug-likeness (QED) is 0.828. The average molecular weight is 238 g/mol. The number of nitrogens with zero attached hydrogens (tertiary/aromatic N) is 2. The Hall–Kier alpha value is -1.50. The fourth-order valence-electron chi connectivity index (χ4n) is 1.28. The SMILES string of the molecule is N#Cc1c(-c2cccnc2)[nH]c(Cl)c1Cl. The van der Waals surface area contributed by atoms with E-state index in [1.807, 2.05) is 12.1 Å². The van der Waals surface area contributed by atoms with E-state index >= 15 is 0 Å². The lowest BCUT2D eigenvalue weighted by atomic mass is 10.1. The molecule has 2 aromatic heterocycles. The number of hydrogen-bond acceptors (Lipinski definition) is 2. The van der Waals surface area contributed by atoms with Crippen LogP contribution in [0, 0.1) is 11.3 Å². The van der Waals surface area contributed by atoms with Crippen molar-refractivity contribution in [3.63, 3.8) is 0 Å². The minimum Gasteiger partial charge on any atom is -0.343 e. The number of rotatable bonds is 1. The Labute approximate surface area is 96.3 Å². The second kappa shape index (κ2) is 3.93. The number of aromatic nitrogens is 2. The standard InChI is InChI=1S/C10H5Cl2N3/c11-8-7(4-13)9(15-10(8)12)6-2-1-3-14-5-6/h1-3,5,15H. The molecule has 0 amide bonds. The first-order valence-electron chi connectivity index (χ1n) is 4.11. The number of nitriles is 1. The summed E-state index contributed by atoms with van der Waals surface area (Å²) >= 11 is 11.7. The van der Waals surface area contributed by atoms with Gasteiger partial charge in [0.25, 0.3) is 0 Å². The predicted octanol–water partition coefficient (Wildman–Crippen LogP) is 3.26. The predicted molar refractivity (Wildman–Crippen MR) is 58.8 cm³/mol. The van der Waals surface area contributed by atoms with Crippen LogP contribution in [-0.4, -0.2) is 9.97 Å². The van der Waals surface area contributed by atoms with Crippen LogP contribution < -0.4 is 0 Å². The highest BCUT2D eigenvalue weighted by Crippen LogP contribution is 2.33. The van der Waals surface area contributed by atoms with E-state index in [-0.39, 0.29) is 10.2 Å². The summed E-state index contributed by atoms with van der Waals surface area (Å²) in [5.74, 6) is 0. The van der Waals surface area contributed by atoms with Gasteiger partial charge in [0.15, 0.2) is 0 Å². The Bertz CT molecular complexity index is 526. The molecule has 0 aliphatic heterocycles. The third-order valence-corrected chi connectivity index (χ3v) is 2.72. The number of nitrogens with one attached hydrogen (secondary N) is 1. The van der Waals surface area contributed by atoms with Crippen molar-refractivity contribution in [3.8, 4) is 17.3 Å². The van der Waals surface area contributed by atoms with E-state index in [1.54, 1.807) is 18.5 Å². The lowest BCUT2D eigenvalue weighted by molar-refractivity contribution is 1.30. The van der Waals surface area contributed by atoms with Gasteiger partial charge in [0.2, 0.25) is 0 Å². The van der Waals surface area contributed by atoms with Crippen LogP contribution in [0.25, 0.3) is 11.3 Å². The number of H-pyrrole nitrogens is 1. The lowest BCUT2D eigenvalue weighted by Crippen LogP contribution is -1.82. The van der Waals surface area contributed by atoms with Gasteiger partial charge in [-0.25, -0.2) is 0 Å². The zero-order valence-electron chi connectivity index (χ0n) is 7.46. The molecule has 0 unspecified atom stereocenters. The van der Waals surface area contributed by atoms with E-state index < -0.39 is 0 Å². The minimum absolute atomic E-state index is 0.248. The summed E-state index contributed by atoms with van der Waals surface area (Å²) < 4.78 is 0. The Morgan fingerprint density at radius 3 is 2.80 bits per heavy atom. The molecule has 2 heterocycles. The van der Waals surface area contributed by atoms with Crippen LogP contribution >= 0.6 is 23.2 Å². The highest BCUT2D eigenvalue weighted by atomic mass is 35.5. The van der Waals surface area contributed by atoms with Gasteiger partial charge in [-0.15, -0.1) is 0 Å². The number of hydrogen-bond donors (Lipinski definition) is 1. The third-order valence-electron chi connectivity index (χ3n) is 1.96. The topological polar surface area (TPSA) is 52.5 Å². The van der Waals surface area contributed by atoms with Crippen LogP contribution in [-0.2, 0) is 0 Å². The average Bonchev–Trinajstić information content (AvgIpc) is 2.56. The number of pyridine rings is 1. The first-order chi connectivity index (χ1) is 7.24. The second-order valence-electron chi connectivity index (χ2n) is 2.86. The van der Waals surface area contributed by atoms with Crippen molar-refractivity contribution in [2.75, 3.05) is 0 Å². The molecule has 0 spiro atoms. The maximum atomic E-state index is 8.94. The van der Waals surface area contributed by atoms with Crippen molar-refractivity contribution in [3.05, 3.63) is 40.3 Å². The summed E-state index contributed by atoms with van der Waals surface area (Å²) in [6.07, 6.45) is 3.29. The Morgan fingerprint density at radius 2 is 2.20 bits per heavy atom. The van der Waals surface area contributed by atoms with Gasteiger partial charge in [-0.2, -0.15) is 5.26 Å². The highest BCUT2D eigenvalue weighted by Gasteiger charge is 2.15. The van der Waals surface area contributed by atoms with E-state index in [2.05, 4.69) is 9.97 Å². The molecule has 0 atom stereocenters. The summed E-state index contributed by atoms with van der Waals surface area (Å²) in [7, 11) is 0. The Balaban J connectivity index is 2.65. The second-order valence-corrected chi connectivity index (χ2v) is 3.61. The molecule has 0 bridgehead atoms. The zero-order valence-corrected chi connectivity index (χ0v) is 8.97. The van der Waals surface area contributed by atoms with Gasteiger partial charge in [0.1, 0.15) is 11.2 Å². The van der Waals surface area contributed by atoms with Crippen molar-refractivity contribution in [2.45, 2.75) is 0 Å². The van der Waals surface area contributed by atoms with Gasteiger partial charge in [-0.1, -0.05) is 23.2 Å². The normalized spacial score (nSPS) is 9.93. The van der Waals surface area contributed by atoms with E-state index in [0.717, 1.165) is 5.56 Å². The summed E-state index contributed by atoms with van der Waals surface area (Å²) in [6.45, 7) is 0. The van der Waals surface area contributed by atoms with Gasteiger partial charge in [-0.05, 0) is 12.1 Å². The first kappa shape index (κ1) is 10.0. The Morgan fingerprint density at radius 1 is 1.40 bits per heavy atom. The van der Waals surface area contributed by atoms with Crippen molar-refractivity contribution >= 4 is 23.2 Å². The van der Waals surface area contributed by atoms with E-state index in [0.29, 0.717) is 11.3 Å². The molecule has 74 valence electrons. The van der Waals surface area contributed by atoms with Crippen LogP contribution in [0.15, 0.2) is 24.5 Å². The summed E-state index contributed by atoms with van der Waals surface area (Å²) in [5, 5.41) is 9.46. The largest absolute Gasteiger partial charge is 0.343 e. The Kier molecular flexibility index (Phi) is 2.63. The molecule has 0 saturated heterocycles. The molecule has 15 heavy (non-hydrogen) atoms. The highest BCUT2D eigenvalue weighted by molar-refractivity contribution is 6.42. The van der Waals surface area contributed by atoms with Gasteiger partial charge in [0, 0.05) is 18.0 Å². The zero-order chi connectivity index (χ0) is 10.8. The summed E-state index contributed by atoms with van der Waals surface area (Å²) in [6, 6.07) is 5.61. The van der Waals surface area contributed by atoms with Crippen LogP contribution in [0.4, 0.5) is 0 Å². The molecule has 5 heteroatoms.